The van der Waals surface area contributed by atoms with Crippen LogP contribution in [0.25, 0.3) is 0 Å². The molecule has 2 aromatic rings. The molecule has 0 radical (unpaired) electrons. The minimum atomic E-state index is -0.261. The molecule has 0 bridgehead atoms. The van der Waals surface area contributed by atoms with Crippen molar-refractivity contribution in [2.45, 2.75) is 13.5 Å². The molecule has 2 nitrogen and oxygen atoms in total. The van der Waals surface area contributed by atoms with Gasteiger partial charge in [0.2, 0.25) is 0 Å². The molecule has 0 spiro atoms. The first-order valence-corrected chi connectivity index (χ1v) is 7.14. The topological polar surface area (TPSA) is 29.3 Å². The van der Waals surface area contributed by atoms with Gasteiger partial charge in [-0.15, -0.1) is 11.3 Å². The van der Waals surface area contributed by atoms with Crippen molar-refractivity contribution in [3.8, 4) is 0 Å². The van der Waals surface area contributed by atoms with Crippen LogP contribution in [-0.2, 0) is 6.54 Å². The maximum Gasteiger partial charge on any atom is 0.128 e. The van der Waals surface area contributed by atoms with Gasteiger partial charge in [0.05, 0.1) is 15.2 Å². The highest BCUT2D eigenvalue weighted by atomic mass is 79.9. The van der Waals surface area contributed by atoms with Crippen molar-refractivity contribution in [3.63, 3.8) is 0 Å². The Bertz CT molecular complexity index is 568. The molecule has 0 saturated carbocycles. The van der Waals surface area contributed by atoms with Gasteiger partial charge in [0.25, 0.3) is 0 Å². The fraction of sp³-hybridized carbons (Fsp3) is 0.231. The summed E-state index contributed by atoms with van der Waals surface area (Å²) >= 11 is 5.09. The molecule has 0 aliphatic rings. The van der Waals surface area contributed by atoms with E-state index >= 15 is 0 Å². The Balaban J connectivity index is 2.23. The number of rotatable bonds is 3. The van der Waals surface area contributed by atoms with Gasteiger partial charge < -0.3 is 10.6 Å². The first-order chi connectivity index (χ1) is 8.47. The summed E-state index contributed by atoms with van der Waals surface area (Å²) in [5.74, 6) is -0.261. The summed E-state index contributed by atoms with van der Waals surface area (Å²) in [4.78, 5) is 2.02. The predicted octanol–water partition coefficient (Wildman–Crippen LogP) is 4.18. The SMILES string of the molecule is Cc1cc(N(C)Cc2csc(Br)c2)c(N)cc1F. The van der Waals surface area contributed by atoms with Crippen molar-refractivity contribution in [3.05, 3.63) is 44.3 Å². The fourth-order valence-electron chi connectivity index (χ4n) is 1.80. The summed E-state index contributed by atoms with van der Waals surface area (Å²) in [6.07, 6.45) is 0. The van der Waals surface area contributed by atoms with Gasteiger partial charge >= 0.3 is 0 Å². The summed E-state index contributed by atoms with van der Waals surface area (Å²) in [6, 6.07) is 5.24. The van der Waals surface area contributed by atoms with E-state index in [0.29, 0.717) is 11.3 Å². The lowest BCUT2D eigenvalue weighted by Gasteiger charge is -2.21. The lowest BCUT2D eigenvalue weighted by Crippen LogP contribution is -2.17. The zero-order valence-corrected chi connectivity index (χ0v) is 12.6. The van der Waals surface area contributed by atoms with Crippen LogP contribution >= 0.6 is 27.3 Å². The fourth-order valence-corrected chi connectivity index (χ4v) is 3.00. The third-order valence-electron chi connectivity index (χ3n) is 2.76. The number of aryl methyl sites for hydroxylation is 1. The smallest absolute Gasteiger partial charge is 0.128 e. The first kappa shape index (κ1) is 13.4. The van der Waals surface area contributed by atoms with Crippen LogP contribution in [0.4, 0.5) is 15.8 Å². The Labute approximate surface area is 118 Å². The molecule has 0 atom stereocenters. The second kappa shape index (κ2) is 5.28. The quantitative estimate of drug-likeness (QED) is 0.856. The number of hydrogen-bond donors (Lipinski definition) is 1. The van der Waals surface area contributed by atoms with Gasteiger partial charge in [-0.1, -0.05) is 0 Å². The molecule has 0 unspecified atom stereocenters. The maximum absolute atomic E-state index is 13.4. The van der Waals surface area contributed by atoms with E-state index in [9.17, 15) is 4.39 Å². The number of nitrogens with zero attached hydrogens (tertiary/aromatic N) is 1. The van der Waals surface area contributed by atoms with Crippen molar-refractivity contribution in [1.82, 2.24) is 0 Å². The van der Waals surface area contributed by atoms with Gasteiger partial charge in [0.15, 0.2) is 0 Å². The Morgan fingerprint density at radius 1 is 1.39 bits per heavy atom. The number of halogens is 2. The molecular formula is C13H14BrFN2S. The molecule has 2 N–H and O–H groups in total. The highest BCUT2D eigenvalue weighted by Crippen LogP contribution is 2.28. The Morgan fingerprint density at radius 3 is 2.72 bits per heavy atom. The van der Waals surface area contributed by atoms with Crippen molar-refractivity contribution in [2.75, 3.05) is 17.7 Å². The second-order valence-corrected chi connectivity index (χ2v) is 6.57. The monoisotopic (exact) mass is 328 g/mol. The molecule has 96 valence electrons. The van der Waals surface area contributed by atoms with Crippen molar-refractivity contribution in [1.29, 1.82) is 0 Å². The number of nitrogen functional groups attached to an aromatic ring is 1. The second-order valence-electron chi connectivity index (χ2n) is 4.28. The van der Waals surface area contributed by atoms with Gasteiger partial charge in [-0.3, -0.25) is 0 Å². The molecular weight excluding hydrogens is 315 g/mol. The maximum atomic E-state index is 13.4. The van der Waals surface area contributed by atoms with Crippen LogP contribution < -0.4 is 10.6 Å². The third kappa shape index (κ3) is 2.84. The number of hydrogen-bond acceptors (Lipinski definition) is 3. The molecule has 0 aliphatic heterocycles. The average Bonchev–Trinajstić information content (AvgIpc) is 2.69. The number of thiophene rings is 1. The van der Waals surface area contributed by atoms with Crippen LogP contribution in [0.5, 0.6) is 0 Å². The Hall–Kier alpha value is -1.07. The number of nitrogens with two attached hydrogens (primary N) is 1. The average molecular weight is 329 g/mol. The highest BCUT2D eigenvalue weighted by molar-refractivity contribution is 9.11. The molecule has 1 aromatic heterocycles. The van der Waals surface area contributed by atoms with Gasteiger partial charge in [-0.05, 0) is 57.6 Å². The predicted molar refractivity (Wildman–Crippen MR) is 79.7 cm³/mol. The molecule has 18 heavy (non-hydrogen) atoms. The van der Waals surface area contributed by atoms with Gasteiger partial charge in [0, 0.05) is 13.6 Å². The van der Waals surface area contributed by atoms with E-state index in [1.807, 2.05) is 11.9 Å². The van der Waals surface area contributed by atoms with Crippen LogP contribution in [0.15, 0.2) is 27.4 Å². The molecule has 0 saturated heterocycles. The molecule has 0 aliphatic carbocycles. The standard InChI is InChI=1S/C13H14BrFN2S/c1-8-3-12(11(16)5-10(8)15)17(2)6-9-4-13(14)18-7-9/h3-5,7H,6,16H2,1-2H3. The number of anilines is 2. The Morgan fingerprint density at radius 2 is 2.11 bits per heavy atom. The minimum absolute atomic E-state index is 0.261. The molecule has 1 heterocycles. The minimum Gasteiger partial charge on any atom is -0.397 e. The Kier molecular flexibility index (Phi) is 3.92. The summed E-state index contributed by atoms with van der Waals surface area (Å²) in [7, 11) is 1.95. The normalized spacial score (nSPS) is 10.7. The van der Waals surface area contributed by atoms with Crippen LogP contribution in [0.1, 0.15) is 11.1 Å². The van der Waals surface area contributed by atoms with Crippen LogP contribution in [0.2, 0.25) is 0 Å². The summed E-state index contributed by atoms with van der Waals surface area (Å²) in [5.41, 5.74) is 9.00. The molecule has 0 amide bonds. The highest BCUT2D eigenvalue weighted by Gasteiger charge is 2.10. The zero-order chi connectivity index (χ0) is 13.3. The van der Waals surface area contributed by atoms with Gasteiger partial charge in [-0.25, -0.2) is 4.39 Å². The van der Waals surface area contributed by atoms with Crippen LogP contribution in [0.3, 0.4) is 0 Å². The first-order valence-electron chi connectivity index (χ1n) is 5.47. The van der Waals surface area contributed by atoms with Crippen molar-refractivity contribution in [2.24, 2.45) is 0 Å². The van der Waals surface area contributed by atoms with Crippen molar-refractivity contribution < 1.29 is 4.39 Å². The van der Waals surface area contributed by atoms with E-state index in [1.54, 1.807) is 24.3 Å². The largest absolute Gasteiger partial charge is 0.397 e. The van der Waals surface area contributed by atoms with Crippen molar-refractivity contribution >= 4 is 38.6 Å². The van der Waals surface area contributed by atoms with E-state index in [1.165, 1.54) is 11.6 Å². The van der Waals surface area contributed by atoms with Gasteiger partial charge in [-0.2, -0.15) is 0 Å². The lowest BCUT2D eigenvalue weighted by atomic mass is 10.1. The summed E-state index contributed by atoms with van der Waals surface area (Å²) < 4.78 is 14.5. The molecule has 1 aromatic carbocycles. The van der Waals surface area contributed by atoms with E-state index in [4.69, 9.17) is 5.73 Å². The van der Waals surface area contributed by atoms with Crippen LogP contribution in [0, 0.1) is 12.7 Å². The molecule has 0 fully saturated rings. The van der Waals surface area contributed by atoms with Crippen LogP contribution in [-0.4, -0.2) is 7.05 Å². The number of benzene rings is 1. The summed E-state index contributed by atoms with van der Waals surface area (Å²) in [6.45, 7) is 2.49. The van der Waals surface area contributed by atoms with E-state index in [2.05, 4.69) is 27.4 Å². The van der Waals surface area contributed by atoms with E-state index in [-0.39, 0.29) is 5.82 Å². The van der Waals surface area contributed by atoms with Gasteiger partial charge in [0.1, 0.15) is 5.82 Å². The molecule has 5 heteroatoms. The zero-order valence-electron chi connectivity index (χ0n) is 10.2. The van der Waals surface area contributed by atoms with E-state index in [0.717, 1.165) is 16.0 Å². The molecule has 2 rings (SSSR count). The summed E-state index contributed by atoms with van der Waals surface area (Å²) in [5, 5.41) is 2.09. The third-order valence-corrected chi connectivity index (χ3v) is 4.31. The van der Waals surface area contributed by atoms with E-state index < -0.39 is 0 Å². The lowest BCUT2D eigenvalue weighted by molar-refractivity contribution is 0.619.